The van der Waals surface area contributed by atoms with Crippen molar-refractivity contribution < 1.29 is 22.5 Å². The molecular formula is C25H23ClF4N4O3S. The SMILES string of the molecule is O=c1nc(N2CCC3(CCN(Cc4ccc(F)c(Cl)c4)CC3)CC2)sc2c([N+](=O)[O-])cc(C(F)(F)F)cc12. The number of nitro benzene ring substituents is 1. The van der Waals surface area contributed by atoms with Gasteiger partial charge in [0.1, 0.15) is 10.5 Å². The van der Waals surface area contributed by atoms with Crippen LogP contribution < -0.4 is 10.5 Å². The number of fused-ring (bicyclic) bond motifs is 1. The van der Waals surface area contributed by atoms with E-state index in [1.807, 2.05) is 4.90 Å². The van der Waals surface area contributed by atoms with Crippen molar-refractivity contribution in [2.24, 2.45) is 5.41 Å². The highest BCUT2D eigenvalue weighted by atomic mass is 35.5. The normalized spacial score (nSPS) is 18.3. The van der Waals surface area contributed by atoms with Crippen LogP contribution in [0.15, 0.2) is 35.1 Å². The number of piperidine rings is 2. The maximum Gasteiger partial charge on any atom is 0.416 e. The first-order chi connectivity index (χ1) is 17.9. The number of nitrogens with zero attached hydrogens (tertiary/aromatic N) is 4. The number of hydrogen-bond acceptors (Lipinski definition) is 7. The lowest BCUT2D eigenvalue weighted by molar-refractivity contribution is -0.383. The molecule has 3 aromatic rings. The van der Waals surface area contributed by atoms with Gasteiger partial charge in [-0.3, -0.25) is 19.8 Å². The minimum atomic E-state index is -4.82. The van der Waals surface area contributed by atoms with Gasteiger partial charge >= 0.3 is 6.18 Å². The van der Waals surface area contributed by atoms with Crippen molar-refractivity contribution in [3.63, 3.8) is 0 Å². The molecule has 0 saturated carbocycles. The van der Waals surface area contributed by atoms with Crippen LogP contribution in [-0.2, 0) is 12.7 Å². The standard InChI is InChI=1S/C25H23ClF4N4O3S/c26-18-11-15(1-2-19(18)27)14-32-7-3-24(4-8-32)5-9-33(10-6-24)23-31-22(35)17-12-16(25(28,29)30)13-20(34(36)37)21(17)38-23/h1-2,11-13H,3-10,14H2. The molecular weight excluding hydrogens is 548 g/mol. The van der Waals surface area contributed by atoms with E-state index in [-0.39, 0.29) is 20.3 Å². The molecule has 2 saturated heterocycles. The summed E-state index contributed by atoms with van der Waals surface area (Å²) in [6.45, 7) is 3.63. The van der Waals surface area contributed by atoms with E-state index in [0.29, 0.717) is 31.8 Å². The largest absolute Gasteiger partial charge is 0.416 e. The molecule has 0 N–H and O–H groups in total. The van der Waals surface area contributed by atoms with Crippen molar-refractivity contribution in [2.75, 3.05) is 31.1 Å². The predicted molar refractivity (Wildman–Crippen MR) is 137 cm³/mol. The van der Waals surface area contributed by atoms with E-state index < -0.39 is 39.1 Å². The number of alkyl halides is 3. The fourth-order valence-corrected chi connectivity index (χ4v) is 6.65. The number of hydrogen-bond donors (Lipinski definition) is 0. The van der Waals surface area contributed by atoms with Crippen LogP contribution in [0.1, 0.15) is 36.8 Å². The maximum absolute atomic E-state index is 13.4. The summed E-state index contributed by atoms with van der Waals surface area (Å²) >= 11 is 6.78. The Bertz CT molecular complexity index is 1450. The Balaban J connectivity index is 1.28. The lowest BCUT2D eigenvalue weighted by Crippen LogP contribution is -2.46. The molecule has 2 fully saturated rings. The van der Waals surface area contributed by atoms with E-state index >= 15 is 0 Å². The Labute approximate surface area is 223 Å². The highest BCUT2D eigenvalue weighted by Gasteiger charge is 2.39. The summed E-state index contributed by atoms with van der Waals surface area (Å²) in [6, 6.07) is 5.87. The number of aromatic nitrogens is 1. The number of rotatable bonds is 4. The molecule has 2 aliphatic heterocycles. The van der Waals surface area contributed by atoms with Crippen LogP contribution in [0.4, 0.5) is 28.4 Å². The lowest BCUT2D eigenvalue weighted by Gasteiger charge is -2.47. The van der Waals surface area contributed by atoms with Gasteiger partial charge in [0, 0.05) is 25.7 Å². The monoisotopic (exact) mass is 570 g/mol. The van der Waals surface area contributed by atoms with Gasteiger partial charge in [0.25, 0.3) is 11.2 Å². The molecule has 0 radical (unpaired) electrons. The molecule has 3 heterocycles. The third-order valence-electron chi connectivity index (χ3n) is 7.62. The molecule has 202 valence electrons. The second-order valence-electron chi connectivity index (χ2n) is 9.94. The second-order valence-corrected chi connectivity index (χ2v) is 11.3. The zero-order valence-corrected chi connectivity index (χ0v) is 21.6. The number of nitro groups is 1. The van der Waals surface area contributed by atoms with Gasteiger partial charge in [-0.05, 0) is 68.0 Å². The number of benzene rings is 2. The van der Waals surface area contributed by atoms with Crippen molar-refractivity contribution in [1.82, 2.24) is 9.88 Å². The Morgan fingerprint density at radius 2 is 1.74 bits per heavy atom. The molecule has 2 aliphatic rings. The lowest BCUT2D eigenvalue weighted by atomic mass is 9.71. The highest BCUT2D eigenvalue weighted by molar-refractivity contribution is 7.22. The minimum absolute atomic E-state index is 0.104. The fraction of sp³-hybridized carbons (Fsp3) is 0.440. The van der Waals surface area contributed by atoms with Crippen LogP contribution in [0.2, 0.25) is 5.02 Å². The van der Waals surface area contributed by atoms with Gasteiger partial charge in [0.15, 0.2) is 5.13 Å². The van der Waals surface area contributed by atoms with Crippen molar-refractivity contribution in [3.05, 3.63) is 72.8 Å². The summed E-state index contributed by atoms with van der Waals surface area (Å²) in [4.78, 5) is 31.5. The first-order valence-corrected chi connectivity index (χ1v) is 13.3. The summed E-state index contributed by atoms with van der Waals surface area (Å²) < 4.78 is 53.0. The molecule has 38 heavy (non-hydrogen) atoms. The molecule has 0 bridgehead atoms. The van der Waals surface area contributed by atoms with Crippen molar-refractivity contribution in [3.8, 4) is 0 Å². The molecule has 2 aromatic carbocycles. The van der Waals surface area contributed by atoms with Crippen LogP contribution >= 0.6 is 22.9 Å². The fourth-order valence-electron chi connectivity index (χ4n) is 5.33. The van der Waals surface area contributed by atoms with E-state index in [0.717, 1.165) is 55.7 Å². The molecule has 0 aliphatic carbocycles. The van der Waals surface area contributed by atoms with Gasteiger partial charge in [0.05, 0.1) is 20.9 Å². The molecule has 0 amide bonds. The van der Waals surface area contributed by atoms with Gasteiger partial charge in [-0.15, -0.1) is 0 Å². The van der Waals surface area contributed by atoms with Gasteiger partial charge in [0.2, 0.25) is 0 Å². The zero-order valence-electron chi connectivity index (χ0n) is 20.1. The quantitative estimate of drug-likeness (QED) is 0.209. The van der Waals surface area contributed by atoms with Crippen molar-refractivity contribution >= 4 is 43.8 Å². The van der Waals surface area contributed by atoms with Crippen molar-refractivity contribution in [1.29, 1.82) is 0 Å². The Hall–Kier alpha value is -2.83. The number of anilines is 1. The molecule has 7 nitrogen and oxygen atoms in total. The van der Waals surface area contributed by atoms with E-state index in [9.17, 15) is 32.5 Å². The van der Waals surface area contributed by atoms with Crippen molar-refractivity contribution in [2.45, 2.75) is 38.4 Å². The van der Waals surface area contributed by atoms with Gasteiger partial charge in [-0.25, -0.2) is 4.39 Å². The van der Waals surface area contributed by atoms with E-state index in [1.54, 1.807) is 12.1 Å². The summed E-state index contributed by atoms with van der Waals surface area (Å²) in [5.41, 5.74) is -1.82. The summed E-state index contributed by atoms with van der Waals surface area (Å²) in [5.74, 6) is -0.439. The van der Waals surface area contributed by atoms with Gasteiger partial charge < -0.3 is 4.90 Å². The molecule has 0 unspecified atom stereocenters. The van der Waals surface area contributed by atoms with E-state index in [2.05, 4.69) is 9.88 Å². The first kappa shape index (κ1) is 26.8. The Morgan fingerprint density at radius 1 is 1.08 bits per heavy atom. The van der Waals surface area contributed by atoms with Crippen LogP contribution in [0.5, 0.6) is 0 Å². The predicted octanol–water partition coefficient (Wildman–Crippen LogP) is 6.26. The van der Waals surface area contributed by atoms with Crippen LogP contribution in [-0.4, -0.2) is 41.0 Å². The van der Waals surface area contributed by atoms with Crippen LogP contribution in [0.25, 0.3) is 10.1 Å². The summed E-state index contributed by atoms with van der Waals surface area (Å²) in [7, 11) is 0. The average Bonchev–Trinajstić information content (AvgIpc) is 2.87. The molecule has 0 atom stereocenters. The third kappa shape index (κ3) is 5.34. The molecule has 1 aromatic heterocycles. The Kier molecular flexibility index (Phi) is 7.08. The zero-order chi connectivity index (χ0) is 27.2. The number of halogens is 5. The van der Waals surface area contributed by atoms with Gasteiger partial charge in [-0.2, -0.15) is 18.2 Å². The molecule has 13 heteroatoms. The maximum atomic E-state index is 13.4. The van der Waals surface area contributed by atoms with Crippen LogP contribution in [0.3, 0.4) is 0 Å². The topological polar surface area (TPSA) is 79.6 Å². The summed E-state index contributed by atoms with van der Waals surface area (Å²) in [5, 5.41) is 11.5. The van der Waals surface area contributed by atoms with Crippen LogP contribution in [0, 0.1) is 21.3 Å². The highest BCUT2D eigenvalue weighted by Crippen LogP contribution is 2.44. The number of non-ortho nitro benzene ring substituents is 1. The summed E-state index contributed by atoms with van der Waals surface area (Å²) in [6.07, 6.45) is -1.18. The third-order valence-corrected chi connectivity index (χ3v) is 9.07. The first-order valence-electron chi connectivity index (χ1n) is 12.1. The van der Waals surface area contributed by atoms with Gasteiger partial charge in [-0.1, -0.05) is 29.0 Å². The smallest absolute Gasteiger partial charge is 0.348 e. The average molecular weight is 571 g/mol. The Morgan fingerprint density at radius 3 is 2.34 bits per heavy atom. The minimum Gasteiger partial charge on any atom is -0.348 e. The second kappa shape index (κ2) is 10.0. The van der Waals surface area contributed by atoms with E-state index in [1.165, 1.54) is 6.07 Å². The molecule has 1 spiro atoms. The van der Waals surface area contributed by atoms with E-state index in [4.69, 9.17) is 11.6 Å². The number of likely N-dealkylation sites (tertiary alicyclic amines) is 1. The molecule has 5 rings (SSSR count).